The molecule has 0 bridgehead atoms. The predicted molar refractivity (Wildman–Crippen MR) is 199 cm³/mol. The first-order valence-corrected chi connectivity index (χ1v) is 18.5. The van der Waals surface area contributed by atoms with Crippen molar-refractivity contribution < 1.29 is 40.7 Å². The molecule has 0 spiro atoms. The van der Waals surface area contributed by atoms with E-state index >= 15 is 0 Å². The Bertz CT molecular complexity index is 1800. The molecule has 6 rings (SSSR count). The van der Waals surface area contributed by atoms with Gasteiger partial charge in [-0.25, -0.2) is 0 Å². The van der Waals surface area contributed by atoms with Gasteiger partial charge in [0.1, 0.15) is 0 Å². The van der Waals surface area contributed by atoms with E-state index in [-0.39, 0.29) is 60.9 Å². The average molecular weight is 808 g/mol. The third kappa shape index (κ3) is 10.1. The Balaban J connectivity index is 1.12. The third-order valence-electron chi connectivity index (χ3n) is 9.90. The topological polar surface area (TPSA) is 56.3 Å². The van der Waals surface area contributed by atoms with Crippen molar-refractivity contribution >= 4 is 46.4 Å². The van der Waals surface area contributed by atoms with Crippen molar-refractivity contribution in [1.82, 2.24) is 9.80 Å². The van der Waals surface area contributed by atoms with Gasteiger partial charge in [0, 0.05) is 63.7 Å². The molecule has 2 aliphatic rings. The van der Waals surface area contributed by atoms with Crippen molar-refractivity contribution in [2.75, 3.05) is 62.2 Å². The molecule has 292 valence electrons. The number of carbonyl (C=O) groups excluding carboxylic acids is 2. The minimum atomic E-state index is -4.60. The summed E-state index contributed by atoms with van der Waals surface area (Å²) in [6, 6.07) is 26.0. The summed E-state index contributed by atoms with van der Waals surface area (Å²) < 4.78 is 87.6. The number of piperazine rings is 2. The van der Waals surface area contributed by atoms with Gasteiger partial charge < -0.3 is 24.3 Å². The summed E-state index contributed by atoms with van der Waals surface area (Å²) in [6.07, 6.45) is -10.7. The molecule has 0 N–H and O–H groups in total. The SMILES string of the molecule is O=C(CC(OC(CC(=O)N1CCN(c2ccc(Cl)c(C(F)(F)F)c2)CC1)c1ccccc1)c1ccccc1)N1CCN(c2ccc(Cl)c(C(F)(F)F)c2)CC1. The zero-order valence-corrected chi connectivity index (χ0v) is 31.0. The number of carbonyl (C=O) groups is 2. The van der Waals surface area contributed by atoms with Crippen LogP contribution in [0.2, 0.25) is 10.0 Å². The Morgan fingerprint density at radius 1 is 0.545 bits per heavy atom. The van der Waals surface area contributed by atoms with Gasteiger partial charge in [-0.1, -0.05) is 83.9 Å². The second-order valence-electron chi connectivity index (χ2n) is 13.4. The van der Waals surface area contributed by atoms with Crippen molar-refractivity contribution in [3.05, 3.63) is 129 Å². The van der Waals surface area contributed by atoms with Gasteiger partial charge in [-0.2, -0.15) is 26.3 Å². The minimum Gasteiger partial charge on any atom is -0.368 e. The maximum absolute atomic E-state index is 13.8. The summed E-state index contributed by atoms with van der Waals surface area (Å²) in [4.78, 5) is 34.5. The van der Waals surface area contributed by atoms with Crippen molar-refractivity contribution in [3.63, 3.8) is 0 Å². The fraction of sp³-hybridized carbons (Fsp3) is 0.350. The first-order valence-electron chi connectivity index (χ1n) is 17.7. The van der Waals surface area contributed by atoms with E-state index in [0.717, 1.165) is 23.3 Å². The molecular weight excluding hydrogens is 769 g/mol. The lowest BCUT2D eigenvalue weighted by Gasteiger charge is -2.38. The fourth-order valence-corrected chi connectivity index (χ4v) is 7.33. The number of rotatable bonds is 10. The zero-order valence-electron chi connectivity index (χ0n) is 29.5. The molecule has 2 amide bonds. The second kappa shape index (κ2) is 17.1. The zero-order chi connectivity index (χ0) is 39.3. The van der Waals surface area contributed by atoms with Crippen molar-refractivity contribution in [2.24, 2.45) is 0 Å². The molecule has 0 aromatic heterocycles. The highest BCUT2D eigenvalue weighted by Crippen LogP contribution is 2.39. The van der Waals surface area contributed by atoms with Crippen LogP contribution >= 0.6 is 23.2 Å². The van der Waals surface area contributed by atoms with Crippen molar-refractivity contribution in [3.8, 4) is 0 Å². The normalized spacial score (nSPS) is 16.6. The van der Waals surface area contributed by atoms with Gasteiger partial charge in [-0.3, -0.25) is 9.59 Å². The molecule has 0 saturated carbocycles. The van der Waals surface area contributed by atoms with E-state index < -0.39 is 35.7 Å². The van der Waals surface area contributed by atoms with Crippen LogP contribution in [0.15, 0.2) is 97.1 Å². The van der Waals surface area contributed by atoms with Gasteiger partial charge in [-0.05, 0) is 47.5 Å². The maximum atomic E-state index is 13.8. The lowest BCUT2D eigenvalue weighted by atomic mass is 10.0. The molecule has 2 aliphatic heterocycles. The van der Waals surface area contributed by atoms with Crippen LogP contribution in [0.1, 0.15) is 47.3 Å². The minimum absolute atomic E-state index is 0.0413. The standard InChI is InChI=1S/C40H38Cl2F6N4O3/c41-33-13-11-29(23-31(33)39(43,44)45)49-15-19-51(20-16-49)37(53)25-35(27-7-3-1-4-8-27)55-36(28-9-5-2-6-10-28)26-38(54)52-21-17-50(18-22-52)30-12-14-34(42)32(24-30)40(46,47)48/h1-14,23-24,35-36H,15-22,25-26H2. The van der Waals surface area contributed by atoms with E-state index in [1.807, 2.05) is 60.7 Å². The number of anilines is 2. The summed E-state index contributed by atoms with van der Waals surface area (Å²) in [7, 11) is 0. The molecule has 0 radical (unpaired) electrons. The lowest BCUT2D eigenvalue weighted by Crippen LogP contribution is -2.49. The van der Waals surface area contributed by atoms with Crippen molar-refractivity contribution in [2.45, 2.75) is 37.4 Å². The highest BCUT2D eigenvalue weighted by molar-refractivity contribution is 6.31. The van der Waals surface area contributed by atoms with Crippen LogP contribution in [0.5, 0.6) is 0 Å². The smallest absolute Gasteiger partial charge is 0.368 e. The van der Waals surface area contributed by atoms with Gasteiger partial charge in [0.2, 0.25) is 11.8 Å². The molecule has 2 heterocycles. The highest BCUT2D eigenvalue weighted by atomic mass is 35.5. The fourth-order valence-electron chi connectivity index (χ4n) is 6.88. The summed E-state index contributed by atoms with van der Waals surface area (Å²) in [5.41, 5.74) is 0.376. The number of alkyl halides is 6. The molecule has 15 heteroatoms. The molecular formula is C40H38Cl2F6N4O3. The summed E-state index contributed by atoms with van der Waals surface area (Å²) in [5.74, 6) is -0.406. The summed E-state index contributed by atoms with van der Waals surface area (Å²) in [5, 5.41) is -0.759. The number of nitrogens with zero attached hydrogens (tertiary/aromatic N) is 4. The largest absolute Gasteiger partial charge is 0.417 e. The van der Waals surface area contributed by atoms with Crippen molar-refractivity contribution in [1.29, 1.82) is 0 Å². The Kier molecular flexibility index (Phi) is 12.5. The van der Waals surface area contributed by atoms with E-state index in [1.165, 1.54) is 24.3 Å². The Hall–Kier alpha value is -4.46. The molecule has 2 atom stereocenters. The molecule has 4 aromatic carbocycles. The maximum Gasteiger partial charge on any atom is 0.417 e. The summed E-state index contributed by atoms with van der Waals surface area (Å²) in [6.45, 7) is 2.40. The Morgan fingerprint density at radius 3 is 1.22 bits per heavy atom. The van der Waals surface area contributed by atoms with E-state index in [2.05, 4.69) is 0 Å². The lowest BCUT2D eigenvalue weighted by molar-refractivity contribution is -0.140. The van der Waals surface area contributed by atoms with Crippen LogP contribution < -0.4 is 9.80 Å². The van der Waals surface area contributed by atoms with E-state index in [4.69, 9.17) is 27.9 Å². The van der Waals surface area contributed by atoms with Gasteiger partial charge in [0.25, 0.3) is 0 Å². The van der Waals surface area contributed by atoms with Crippen LogP contribution in [0.25, 0.3) is 0 Å². The number of hydrogen-bond donors (Lipinski definition) is 0. The monoisotopic (exact) mass is 806 g/mol. The van der Waals surface area contributed by atoms with E-state index in [1.54, 1.807) is 19.6 Å². The van der Waals surface area contributed by atoms with Crippen LogP contribution in [0.4, 0.5) is 37.7 Å². The Labute approximate surface area is 325 Å². The van der Waals surface area contributed by atoms with E-state index in [0.29, 0.717) is 37.6 Å². The number of halogens is 8. The molecule has 2 saturated heterocycles. The van der Waals surface area contributed by atoms with Gasteiger partial charge >= 0.3 is 12.4 Å². The quantitative estimate of drug-likeness (QED) is 0.150. The predicted octanol–water partition coefficient (Wildman–Crippen LogP) is 9.31. The molecule has 7 nitrogen and oxygen atoms in total. The molecule has 2 fully saturated rings. The first kappa shape index (κ1) is 40.2. The van der Waals surface area contributed by atoms with Crippen LogP contribution in [-0.4, -0.2) is 74.0 Å². The molecule has 0 aliphatic carbocycles. The van der Waals surface area contributed by atoms with Crippen LogP contribution in [-0.2, 0) is 26.7 Å². The third-order valence-corrected chi connectivity index (χ3v) is 10.6. The van der Waals surface area contributed by atoms with Crippen LogP contribution in [0.3, 0.4) is 0 Å². The summed E-state index contributed by atoms with van der Waals surface area (Å²) >= 11 is 11.6. The number of amides is 2. The Morgan fingerprint density at radius 2 is 0.891 bits per heavy atom. The molecule has 2 unspecified atom stereocenters. The molecule has 4 aromatic rings. The first-order chi connectivity index (χ1) is 26.2. The number of benzene rings is 4. The second-order valence-corrected chi connectivity index (χ2v) is 14.2. The average Bonchev–Trinajstić information content (AvgIpc) is 3.17. The van der Waals surface area contributed by atoms with E-state index in [9.17, 15) is 35.9 Å². The highest BCUT2D eigenvalue weighted by Gasteiger charge is 2.36. The number of ether oxygens (including phenoxy) is 1. The van der Waals surface area contributed by atoms with Gasteiger partial charge in [0.15, 0.2) is 0 Å². The number of hydrogen-bond acceptors (Lipinski definition) is 5. The molecule has 55 heavy (non-hydrogen) atoms. The van der Waals surface area contributed by atoms with Crippen LogP contribution in [0, 0.1) is 0 Å². The van der Waals surface area contributed by atoms with Gasteiger partial charge in [0.05, 0.1) is 46.2 Å². The van der Waals surface area contributed by atoms with Gasteiger partial charge in [-0.15, -0.1) is 0 Å².